The summed E-state index contributed by atoms with van der Waals surface area (Å²) in [4.78, 5) is 18.3. The van der Waals surface area contributed by atoms with Crippen LogP contribution < -0.4 is 11.0 Å². The third-order valence-corrected chi connectivity index (χ3v) is 5.46. The average Bonchev–Trinajstić information content (AvgIpc) is 3.28. The van der Waals surface area contributed by atoms with Gasteiger partial charge in [-0.05, 0) is 44.3 Å². The Morgan fingerprint density at radius 3 is 2.74 bits per heavy atom. The van der Waals surface area contributed by atoms with Crippen LogP contribution in [-0.2, 0) is 24.3 Å². The fourth-order valence-corrected chi connectivity index (χ4v) is 3.94. The number of nitrogens with zero attached hydrogens (tertiary/aromatic N) is 4. The molecule has 2 aromatic rings. The lowest BCUT2D eigenvalue weighted by Crippen LogP contribution is -2.30. The first-order valence-electron chi connectivity index (χ1n) is 9.90. The minimum Gasteiger partial charge on any atom is -0.390 e. The van der Waals surface area contributed by atoms with Gasteiger partial charge in [-0.1, -0.05) is 35.5 Å². The van der Waals surface area contributed by atoms with Gasteiger partial charge in [0.25, 0.3) is 0 Å². The number of hydrogen-bond acceptors (Lipinski definition) is 5. The van der Waals surface area contributed by atoms with Crippen molar-refractivity contribution in [1.82, 2.24) is 19.7 Å². The second-order valence-electron chi connectivity index (χ2n) is 7.36. The molecule has 1 N–H and O–H groups in total. The minimum atomic E-state index is -0.148. The van der Waals surface area contributed by atoms with E-state index in [4.69, 9.17) is 4.84 Å². The van der Waals surface area contributed by atoms with E-state index in [1.54, 1.807) is 9.25 Å². The van der Waals surface area contributed by atoms with Crippen LogP contribution in [0.1, 0.15) is 37.6 Å². The quantitative estimate of drug-likeness (QED) is 0.843. The highest BCUT2D eigenvalue weighted by atomic mass is 16.6. The molecule has 0 aliphatic carbocycles. The highest BCUT2D eigenvalue weighted by Gasteiger charge is 2.25. The van der Waals surface area contributed by atoms with E-state index < -0.39 is 0 Å². The molecule has 1 aromatic carbocycles. The Hall–Kier alpha value is -2.41. The minimum absolute atomic E-state index is 0.0433. The highest BCUT2D eigenvalue weighted by molar-refractivity contribution is 6.01. The highest BCUT2D eigenvalue weighted by Crippen LogP contribution is 2.19. The maximum atomic E-state index is 12.8. The lowest BCUT2D eigenvalue weighted by atomic mass is 9.94. The summed E-state index contributed by atoms with van der Waals surface area (Å²) < 4.78 is 3.37. The van der Waals surface area contributed by atoms with E-state index >= 15 is 0 Å². The van der Waals surface area contributed by atoms with Crippen molar-refractivity contribution in [3.05, 3.63) is 52.2 Å². The van der Waals surface area contributed by atoms with Gasteiger partial charge in [0.05, 0.1) is 12.3 Å². The molecule has 0 unspecified atom stereocenters. The van der Waals surface area contributed by atoms with E-state index in [2.05, 4.69) is 15.6 Å². The van der Waals surface area contributed by atoms with Crippen molar-refractivity contribution in [2.24, 2.45) is 11.1 Å². The molecular weight excluding hydrogens is 342 g/mol. The summed E-state index contributed by atoms with van der Waals surface area (Å²) in [5, 5.41) is 12.3. The number of aromatic nitrogens is 3. The Morgan fingerprint density at radius 1 is 1.22 bits per heavy atom. The molecule has 7 heteroatoms. The van der Waals surface area contributed by atoms with E-state index in [-0.39, 0.29) is 11.8 Å². The zero-order valence-electron chi connectivity index (χ0n) is 15.8. The van der Waals surface area contributed by atoms with E-state index in [9.17, 15) is 4.79 Å². The van der Waals surface area contributed by atoms with Crippen molar-refractivity contribution in [2.75, 3.05) is 13.1 Å². The number of hydrogen-bond donors (Lipinski definition) is 1. The van der Waals surface area contributed by atoms with Crippen molar-refractivity contribution in [3.8, 4) is 0 Å². The molecule has 1 aromatic heterocycles. The third-order valence-electron chi connectivity index (χ3n) is 5.46. The lowest BCUT2D eigenvalue weighted by molar-refractivity contribution is 0.0687. The summed E-state index contributed by atoms with van der Waals surface area (Å²) in [6, 6.07) is 10.0. The van der Waals surface area contributed by atoms with Gasteiger partial charge < -0.3 is 10.2 Å². The summed E-state index contributed by atoms with van der Waals surface area (Å²) in [7, 11) is 0. The van der Waals surface area contributed by atoms with Gasteiger partial charge in [-0.3, -0.25) is 4.57 Å². The second kappa shape index (κ2) is 8.08. The molecule has 2 aliphatic rings. The van der Waals surface area contributed by atoms with Gasteiger partial charge in [0.15, 0.2) is 6.10 Å². The molecule has 1 saturated heterocycles. The molecule has 2 aliphatic heterocycles. The van der Waals surface area contributed by atoms with E-state index in [0.717, 1.165) is 49.5 Å². The first-order valence-corrected chi connectivity index (χ1v) is 9.90. The summed E-state index contributed by atoms with van der Waals surface area (Å²) in [5.41, 5.74) is 1.95. The SMILES string of the molecule is CCn1c(CC2CCNCC2)nn(C[C@H]2CC(c3ccccc3)=NO2)c1=O. The Labute approximate surface area is 159 Å². The molecule has 1 atom stereocenters. The normalized spacial score (nSPS) is 20.5. The van der Waals surface area contributed by atoms with Crippen LogP contribution in [0.25, 0.3) is 0 Å². The van der Waals surface area contributed by atoms with Gasteiger partial charge in [0.1, 0.15) is 5.82 Å². The Bertz CT molecular complexity index is 849. The van der Waals surface area contributed by atoms with Crippen molar-refractivity contribution in [1.29, 1.82) is 0 Å². The van der Waals surface area contributed by atoms with Crippen molar-refractivity contribution in [3.63, 3.8) is 0 Å². The molecule has 144 valence electrons. The maximum Gasteiger partial charge on any atom is 0.346 e. The van der Waals surface area contributed by atoms with E-state index in [1.807, 2.05) is 37.3 Å². The first kappa shape index (κ1) is 18.0. The van der Waals surface area contributed by atoms with Gasteiger partial charge in [-0.2, -0.15) is 5.10 Å². The topological polar surface area (TPSA) is 73.4 Å². The van der Waals surface area contributed by atoms with E-state index in [1.165, 1.54) is 0 Å². The average molecular weight is 369 g/mol. The van der Waals surface area contributed by atoms with Crippen LogP contribution in [0.2, 0.25) is 0 Å². The van der Waals surface area contributed by atoms with Crippen LogP contribution in [0, 0.1) is 5.92 Å². The van der Waals surface area contributed by atoms with Crippen molar-refractivity contribution in [2.45, 2.75) is 51.8 Å². The van der Waals surface area contributed by atoms with Gasteiger partial charge >= 0.3 is 5.69 Å². The molecule has 27 heavy (non-hydrogen) atoms. The number of rotatable bonds is 6. The smallest absolute Gasteiger partial charge is 0.346 e. The zero-order chi connectivity index (χ0) is 18.6. The molecule has 1 fully saturated rings. The molecule has 4 rings (SSSR count). The monoisotopic (exact) mass is 369 g/mol. The summed E-state index contributed by atoms with van der Waals surface area (Å²) in [5.74, 6) is 1.50. The Balaban J connectivity index is 1.44. The molecule has 0 amide bonds. The van der Waals surface area contributed by atoms with Gasteiger partial charge in [0, 0.05) is 19.4 Å². The molecular formula is C20H27N5O2. The first-order chi connectivity index (χ1) is 13.2. The Morgan fingerprint density at radius 2 is 2.00 bits per heavy atom. The standard InChI is InChI=1S/C20H27N5O2/c1-2-24-19(12-15-8-10-21-11-9-15)22-25(20(24)26)14-17-13-18(23-27-17)16-6-4-3-5-7-16/h3-7,15,17,21H,2,8-14H2,1H3/t17-/m1/s1. The van der Waals surface area contributed by atoms with Crippen LogP contribution in [0.15, 0.2) is 40.3 Å². The Kier molecular flexibility index (Phi) is 5.38. The number of benzene rings is 1. The number of nitrogens with one attached hydrogen (secondary N) is 1. The molecule has 0 saturated carbocycles. The van der Waals surface area contributed by atoms with Crippen LogP contribution in [-0.4, -0.2) is 39.3 Å². The molecule has 7 nitrogen and oxygen atoms in total. The maximum absolute atomic E-state index is 12.8. The van der Waals surface area contributed by atoms with Gasteiger partial charge in [-0.15, -0.1) is 0 Å². The molecule has 3 heterocycles. The lowest BCUT2D eigenvalue weighted by Gasteiger charge is -2.21. The van der Waals surface area contributed by atoms with Crippen LogP contribution in [0.4, 0.5) is 0 Å². The van der Waals surface area contributed by atoms with Gasteiger partial charge in [0.2, 0.25) is 0 Å². The summed E-state index contributed by atoms with van der Waals surface area (Å²) >= 11 is 0. The third kappa shape index (κ3) is 3.98. The van der Waals surface area contributed by atoms with Crippen LogP contribution in [0.5, 0.6) is 0 Å². The number of piperidine rings is 1. The van der Waals surface area contributed by atoms with Crippen LogP contribution >= 0.6 is 0 Å². The van der Waals surface area contributed by atoms with Crippen LogP contribution in [0.3, 0.4) is 0 Å². The predicted octanol–water partition coefficient (Wildman–Crippen LogP) is 1.80. The second-order valence-corrected chi connectivity index (χ2v) is 7.36. The zero-order valence-corrected chi connectivity index (χ0v) is 15.8. The number of oxime groups is 1. The largest absolute Gasteiger partial charge is 0.390 e. The molecule has 0 spiro atoms. The fraction of sp³-hybridized carbons (Fsp3) is 0.550. The summed E-state index contributed by atoms with van der Waals surface area (Å²) in [6.07, 6.45) is 3.70. The van der Waals surface area contributed by atoms with Crippen molar-refractivity contribution < 1.29 is 4.84 Å². The predicted molar refractivity (Wildman–Crippen MR) is 104 cm³/mol. The summed E-state index contributed by atoms with van der Waals surface area (Å²) in [6.45, 7) is 5.19. The molecule has 0 radical (unpaired) electrons. The fourth-order valence-electron chi connectivity index (χ4n) is 3.94. The molecule has 0 bridgehead atoms. The van der Waals surface area contributed by atoms with Gasteiger partial charge in [-0.25, -0.2) is 9.48 Å². The van der Waals surface area contributed by atoms with Crippen molar-refractivity contribution >= 4 is 5.71 Å². The van der Waals surface area contributed by atoms with E-state index in [0.29, 0.717) is 25.4 Å².